The molecule has 0 aliphatic carbocycles. The van der Waals surface area contributed by atoms with Gasteiger partial charge in [-0.25, -0.2) is 9.78 Å². The molecule has 0 unspecified atom stereocenters. The van der Waals surface area contributed by atoms with Crippen molar-refractivity contribution in [3.8, 4) is 0 Å². The molecule has 2 aromatic heterocycles. The van der Waals surface area contributed by atoms with Crippen molar-refractivity contribution in [2.75, 3.05) is 0 Å². The quantitative estimate of drug-likeness (QED) is 0.541. The summed E-state index contributed by atoms with van der Waals surface area (Å²) < 4.78 is 6.73. The lowest BCUT2D eigenvalue weighted by molar-refractivity contribution is 0.240. The van der Waals surface area contributed by atoms with Gasteiger partial charge in [-0.15, -0.1) is 11.3 Å². The number of rotatable bonds is 3. The van der Waals surface area contributed by atoms with Crippen LogP contribution in [0.3, 0.4) is 0 Å². The monoisotopic (exact) mass is 373 g/mol. The summed E-state index contributed by atoms with van der Waals surface area (Å²) in [4.78, 5) is 17.2. The maximum Gasteiger partial charge on any atom is 0.320 e. The fourth-order valence-electron chi connectivity index (χ4n) is 3.28. The van der Waals surface area contributed by atoms with E-state index in [0.717, 1.165) is 32.1 Å². The van der Waals surface area contributed by atoms with Crippen LogP contribution in [0.5, 0.6) is 0 Å². The first-order valence-corrected chi connectivity index (χ1v) is 9.38. The molecule has 5 nitrogen and oxygen atoms in total. The van der Waals surface area contributed by atoms with Crippen molar-refractivity contribution in [2.24, 2.45) is 0 Å². The van der Waals surface area contributed by atoms with Crippen molar-refractivity contribution in [2.45, 2.75) is 6.04 Å². The third-order valence-corrected chi connectivity index (χ3v) is 5.56. The molecule has 0 saturated heterocycles. The Morgan fingerprint density at radius 1 is 0.963 bits per heavy atom. The van der Waals surface area contributed by atoms with Crippen LogP contribution < -0.4 is 10.6 Å². The van der Waals surface area contributed by atoms with E-state index in [1.807, 2.05) is 60.7 Å². The molecular formula is C21H15N3O2S. The second-order valence-corrected chi connectivity index (χ2v) is 7.22. The number of nitrogens with zero attached hydrogens (tertiary/aromatic N) is 1. The predicted octanol–water partition coefficient (Wildman–Crippen LogP) is 4.81. The van der Waals surface area contributed by atoms with Gasteiger partial charge in [0.15, 0.2) is 0 Å². The number of benzene rings is 2. The van der Waals surface area contributed by atoms with Crippen molar-refractivity contribution in [3.63, 3.8) is 0 Å². The third-order valence-electron chi connectivity index (χ3n) is 4.49. The Bertz CT molecular complexity index is 1110. The van der Waals surface area contributed by atoms with Gasteiger partial charge in [-0.1, -0.05) is 42.5 Å². The summed E-state index contributed by atoms with van der Waals surface area (Å²) in [5, 5.41) is 6.80. The molecule has 0 saturated carbocycles. The van der Waals surface area contributed by atoms with Crippen molar-refractivity contribution in [1.29, 1.82) is 0 Å². The number of para-hydroxylation sites is 1. The van der Waals surface area contributed by atoms with Gasteiger partial charge in [-0.05, 0) is 29.8 Å². The van der Waals surface area contributed by atoms with Crippen molar-refractivity contribution < 1.29 is 9.21 Å². The molecule has 27 heavy (non-hydrogen) atoms. The number of hydrogen-bond donors (Lipinski definition) is 2. The molecular weight excluding hydrogens is 358 g/mol. The average Bonchev–Trinajstić information content (AvgIpc) is 3.37. The molecule has 2 N–H and O–H groups in total. The zero-order chi connectivity index (χ0) is 18.2. The summed E-state index contributed by atoms with van der Waals surface area (Å²) in [7, 11) is 0. The molecule has 1 aliphatic rings. The van der Waals surface area contributed by atoms with E-state index in [0.29, 0.717) is 5.76 Å². The largest absolute Gasteiger partial charge is 0.467 e. The Hall–Kier alpha value is -3.38. The fourth-order valence-corrected chi connectivity index (χ4v) is 4.33. The van der Waals surface area contributed by atoms with Crippen LogP contribution in [-0.2, 0) is 0 Å². The van der Waals surface area contributed by atoms with Gasteiger partial charge in [0, 0.05) is 5.57 Å². The number of nitrogens with one attached hydrogen (secondary N) is 2. The molecule has 2 aromatic carbocycles. The standard InChI is InChI=1S/C21H15N3O2S/c25-21-23-18(13-7-2-1-3-8-13)17(19(24-21)15-10-6-12-26-15)20-22-14-9-4-5-11-16(14)27-20/h1-12,19H,(H2,23,24,25)/t19-/m0/s1. The van der Waals surface area contributed by atoms with Crippen molar-refractivity contribution in [1.82, 2.24) is 15.6 Å². The van der Waals surface area contributed by atoms with E-state index < -0.39 is 6.04 Å². The maximum atomic E-state index is 12.4. The van der Waals surface area contributed by atoms with Crippen molar-refractivity contribution >= 4 is 38.9 Å². The predicted molar refractivity (Wildman–Crippen MR) is 106 cm³/mol. The molecule has 5 rings (SSSR count). The lowest BCUT2D eigenvalue weighted by Gasteiger charge is -2.28. The molecule has 1 aliphatic heterocycles. The highest BCUT2D eigenvalue weighted by atomic mass is 32.1. The van der Waals surface area contributed by atoms with E-state index in [2.05, 4.69) is 16.7 Å². The van der Waals surface area contributed by atoms with Gasteiger partial charge >= 0.3 is 6.03 Å². The number of carbonyl (C=O) groups is 1. The number of carbonyl (C=O) groups excluding carboxylic acids is 1. The number of amides is 2. The van der Waals surface area contributed by atoms with E-state index >= 15 is 0 Å². The molecule has 132 valence electrons. The van der Waals surface area contributed by atoms with Crippen LogP contribution in [-0.4, -0.2) is 11.0 Å². The van der Waals surface area contributed by atoms with E-state index in [4.69, 9.17) is 9.40 Å². The van der Waals surface area contributed by atoms with Gasteiger partial charge < -0.3 is 15.1 Å². The average molecular weight is 373 g/mol. The van der Waals surface area contributed by atoms with Crippen LogP contribution in [0.15, 0.2) is 77.4 Å². The molecule has 0 fully saturated rings. The van der Waals surface area contributed by atoms with E-state index in [-0.39, 0.29) is 6.03 Å². The molecule has 0 bridgehead atoms. The molecule has 6 heteroatoms. The van der Waals surface area contributed by atoms with Crippen LogP contribution in [0.2, 0.25) is 0 Å². The Kier molecular flexibility index (Phi) is 3.76. The molecule has 0 spiro atoms. The molecule has 4 aromatic rings. The Labute approximate surface area is 159 Å². The lowest BCUT2D eigenvalue weighted by atomic mass is 9.97. The van der Waals surface area contributed by atoms with Gasteiger partial charge in [0.1, 0.15) is 16.8 Å². The minimum atomic E-state index is -0.412. The summed E-state index contributed by atoms with van der Waals surface area (Å²) in [6.45, 7) is 0. The van der Waals surface area contributed by atoms with Crippen LogP contribution in [0, 0.1) is 0 Å². The highest BCUT2D eigenvalue weighted by Gasteiger charge is 2.33. The SMILES string of the molecule is O=C1NC(c2ccccc2)=C(c2nc3ccccc3s2)[C@H](c2ccco2)N1. The smallest absolute Gasteiger partial charge is 0.320 e. The summed E-state index contributed by atoms with van der Waals surface area (Å²) in [5.41, 5.74) is 3.52. The maximum absolute atomic E-state index is 12.4. The molecule has 2 amide bonds. The molecule has 1 atom stereocenters. The highest BCUT2D eigenvalue weighted by Crippen LogP contribution is 2.40. The van der Waals surface area contributed by atoms with E-state index in [9.17, 15) is 4.79 Å². The second kappa shape index (κ2) is 6.41. The first-order chi connectivity index (χ1) is 13.3. The third kappa shape index (κ3) is 2.80. The number of hydrogen-bond acceptors (Lipinski definition) is 4. The fraction of sp³-hybridized carbons (Fsp3) is 0.0476. The number of furan rings is 1. The van der Waals surface area contributed by atoms with Crippen LogP contribution in [0.1, 0.15) is 22.4 Å². The van der Waals surface area contributed by atoms with Crippen LogP contribution in [0.4, 0.5) is 4.79 Å². The van der Waals surface area contributed by atoms with Crippen molar-refractivity contribution in [3.05, 3.63) is 89.3 Å². The summed E-state index contributed by atoms with van der Waals surface area (Å²) >= 11 is 1.60. The van der Waals surface area contributed by atoms with Gasteiger partial charge in [0.05, 0.1) is 22.2 Å². The van der Waals surface area contributed by atoms with Gasteiger partial charge in [0.2, 0.25) is 0 Å². The number of thiazole rings is 1. The lowest BCUT2D eigenvalue weighted by Crippen LogP contribution is -2.42. The zero-order valence-electron chi connectivity index (χ0n) is 14.2. The molecule has 3 heterocycles. The number of aromatic nitrogens is 1. The topological polar surface area (TPSA) is 67.2 Å². The normalized spacial score (nSPS) is 17.0. The Morgan fingerprint density at radius 3 is 2.56 bits per heavy atom. The summed E-state index contributed by atoms with van der Waals surface area (Å²) in [6, 6.07) is 20.9. The number of fused-ring (bicyclic) bond motifs is 1. The van der Waals surface area contributed by atoms with E-state index in [1.54, 1.807) is 17.6 Å². The van der Waals surface area contributed by atoms with Gasteiger partial charge in [-0.3, -0.25) is 0 Å². The second-order valence-electron chi connectivity index (χ2n) is 6.19. The molecule has 0 radical (unpaired) electrons. The Balaban J connectivity index is 1.78. The number of urea groups is 1. The first-order valence-electron chi connectivity index (χ1n) is 8.56. The zero-order valence-corrected chi connectivity index (χ0v) is 15.0. The Morgan fingerprint density at radius 2 is 1.78 bits per heavy atom. The minimum Gasteiger partial charge on any atom is -0.467 e. The van der Waals surface area contributed by atoms with E-state index in [1.165, 1.54) is 0 Å². The minimum absolute atomic E-state index is 0.264. The van der Waals surface area contributed by atoms with Gasteiger partial charge in [0.25, 0.3) is 0 Å². The van der Waals surface area contributed by atoms with Gasteiger partial charge in [-0.2, -0.15) is 0 Å². The first kappa shape index (κ1) is 15.8. The summed E-state index contributed by atoms with van der Waals surface area (Å²) in [6.07, 6.45) is 1.61. The highest BCUT2D eigenvalue weighted by molar-refractivity contribution is 7.19. The summed E-state index contributed by atoms with van der Waals surface area (Å²) in [5.74, 6) is 0.674. The van der Waals surface area contributed by atoms with Crippen LogP contribution in [0.25, 0.3) is 21.5 Å². The van der Waals surface area contributed by atoms with Crippen LogP contribution >= 0.6 is 11.3 Å².